The largest absolute Gasteiger partial charge is 0.444 e. The summed E-state index contributed by atoms with van der Waals surface area (Å²) in [6, 6.07) is 8.30. The minimum absolute atomic E-state index is 0.0799. The van der Waals surface area contributed by atoms with E-state index in [1.54, 1.807) is 32.9 Å². The van der Waals surface area contributed by atoms with E-state index in [0.29, 0.717) is 11.7 Å². The van der Waals surface area contributed by atoms with Gasteiger partial charge in [-0.2, -0.15) is 0 Å². The molecule has 0 bridgehead atoms. The van der Waals surface area contributed by atoms with Crippen molar-refractivity contribution in [3.8, 4) is 0 Å². The van der Waals surface area contributed by atoms with E-state index < -0.39 is 36.3 Å². The average Bonchev–Trinajstić information content (AvgIpc) is 3.60. The van der Waals surface area contributed by atoms with Crippen molar-refractivity contribution in [3.63, 3.8) is 0 Å². The summed E-state index contributed by atoms with van der Waals surface area (Å²) < 4.78 is 25.5. The number of hydrazine groups is 1. The molecule has 0 spiro atoms. The Kier molecular flexibility index (Phi) is 9.14. The summed E-state index contributed by atoms with van der Waals surface area (Å²) in [5, 5.41) is 2.30. The molecule has 4 unspecified atom stereocenters. The van der Waals surface area contributed by atoms with Gasteiger partial charge in [0.05, 0.1) is 6.61 Å². The molecule has 1 aromatic carbocycles. The lowest BCUT2D eigenvalue weighted by molar-refractivity contribution is -0.125. The fourth-order valence-corrected chi connectivity index (χ4v) is 6.57. The van der Waals surface area contributed by atoms with Crippen molar-refractivity contribution in [1.29, 1.82) is 0 Å². The number of carbonyl (C=O) groups excluding carboxylic acids is 2. The van der Waals surface area contributed by atoms with Crippen molar-refractivity contribution in [2.75, 3.05) is 6.61 Å². The summed E-state index contributed by atoms with van der Waals surface area (Å²) in [4.78, 5) is 25.5. The highest BCUT2D eigenvalue weighted by molar-refractivity contribution is 7.68. The number of ether oxygens (including phenoxy) is 1. The number of amides is 2. The van der Waals surface area contributed by atoms with Crippen molar-refractivity contribution >= 4 is 24.7 Å². The van der Waals surface area contributed by atoms with Crippen LogP contribution in [0.15, 0.2) is 30.3 Å². The molecule has 0 aromatic heterocycles. The predicted molar refractivity (Wildman–Crippen MR) is 130 cm³/mol. The van der Waals surface area contributed by atoms with E-state index in [9.17, 15) is 14.2 Å². The lowest BCUT2D eigenvalue weighted by Crippen LogP contribution is -2.60. The first-order valence-electron chi connectivity index (χ1n) is 11.7. The zero-order chi connectivity index (χ0) is 24.9. The lowest BCUT2D eigenvalue weighted by atomic mass is 9.99. The molecule has 2 amide bonds. The van der Waals surface area contributed by atoms with E-state index in [1.807, 2.05) is 45.9 Å². The Balaban J connectivity index is 2.25. The molecule has 9 heteroatoms. The number of nitrogens with one attached hydrogen (secondary N) is 3. The Bertz CT molecular complexity index is 853. The van der Waals surface area contributed by atoms with E-state index in [-0.39, 0.29) is 18.4 Å². The van der Waals surface area contributed by atoms with E-state index in [0.717, 1.165) is 12.8 Å². The van der Waals surface area contributed by atoms with Crippen LogP contribution in [-0.2, 0) is 18.6 Å². The predicted octanol–water partition coefficient (Wildman–Crippen LogP) is 4.31. The Morgan fingerprint density at radius 2 is 1.73 bits per heavy atom. The normalized spacial score (nSPS) is 19.5. The van der Waals surface area contributed by atoms with E-state index in [1.165, 1.54) is 0 Å². The number of benzene rings is 1. The summed E-state index contributed by atoms with van der Waals surface area (Å²) >= 11 is 0. The SMILES string of the molecule is CCOP(=O)(c1ccccc1)C(C)(NNC(=O)C(NC(=O)OC(C)(C)C)C(C)CC)C1CC1. The van der Waals surface area contributed by atoms with E-state index in [2.05, 4.69) is 16.2 Å². The molecular formula is C24H40N3O5P. The maximum atomic E-state index is 14.3. The minimum Gasteiger partial charge on any atom is -0.444 e. The zero-order valence-electron chi connectivity index (χ0n) is 20.9. The maximum absolute atomic E-state index is 14.3. The Morgan fingerprint density at radius 1 is 1.12 bits per heavy atom. The number of rotatable bonds is 11. The van der Waals surface area contributed by atoms with Crippen molar-refractivity contribution < 1.29 is 23.4 Å². The van der Waals surface area contributed by atoms with Crippen molar-refractivity contribution in [1.82, 2.24) is 16.2 Å². The molecule has 0 heterocycles. The fourth-order valence-electron chi connectivity index (χ4n) is 3.75. The maximum Gasteiger partial charge on any atom is 0.408 e. The zero-order valence-corrected chi connectivity index (χ0v) is 21.8. The van der Waals surface area contributed by atoms with Gasteiger partial charge in [0.1, 0.15) is 16.9 Å². The summed E-state index contributed by atoms with van der Waals surface area (Å²) in [5.41, 5.74) is 5.16. The van der Waals surface area contributed by atoms with E-state index >= 15 is 0 Å². The third-order valence-electron chi connectivity index (χ3n) is 6.00. The first kappa shape index (κ1) is 27.4. The monoisotopic (exact) mass is 481 g/mol. The number of hydrogen-bond acceptors (Lipinski definition) is 6. The third kappa shape index (κ3) is 6.81. The van der Waals surface area contributed by atoms with Gasteiger partial charge in [-0.05, 0) is 71.4 Å². The Morgan fingerprint density at radius 3 is 2.21 bits per heavy atom. The second kappa shape index (κ2) is 11.0. The molecule has 186 valence electrons. The molecule has 1 fully saturated rings. The number of alkyl carbamates (subject to hydrolysis) is 1. The van der Waals surface area contributed by atoms with Gasteiger partial charge in [0.15, 0.2) is 0 Å². The van der Waals surface area contributed by atoms with Crippen LogP contribution in [0.2, 0.25) is 0 Å². The molecule has 1 aliphatic rings. The van der Waals surface area contributed by atoms with Crippen LogP contribution in [0.1, 0.15) is 67.7 Å². The topological polar surface area (TPSA) is 106 Å². The third-order valence-corrected chi connectivity index (χ3v) is 9.30. The van der Waals surface area contributed by atoms with Crippen LogP contribution >= 0.6 is 7.37 Å². The second-order valence-corrected chi connectivity index (χ2v) is 12.7. The molecule has 2 rings (SSSR count). The summed E-state index contributed by atoms with van der Waals surface area (Å²) in [5.74, 6) is -0.478. The molecule has 0 radical (unpaired) electrons. The fraction of sp³-hybridized carbons (Fsp3) is 0.667. The van der Waals surface area contributed by atoms with Crippen LogP contribution in [0.4, 0.5) is 4.79 Å². The molecule has 0 aliphatic heterocycles. The average molecular weight is 482 g/mol. The highest BCUT2D eigenvalue weighted by atomic mass is 31.2. The molecule has 1 aromatic rings. The van der Waals surface area contributed by atoms with Gasteiger partial charge in [-0.3, -0.25) is 14.8 Å². The van der Waals surface area contributed by atoms with Gasteiger partial charge in [-0.25, -0.2) is 10.2 Å². The Labute approximate surface area is 198 Å². The van der Waals surface area contributed by atoms with Crippen LogP contribution in [0.5, 0.6) is 0 Å². The molecule has 0 saturated heterocycles. The first-order valence-corrected chi connectivity index (χ1v) is 13.4. The van der Waals surface area contributed by atoms with Crippen molar-refractivity contribution in [3.05, 3.63) is 30.3 Å². The smallest absolute Gasteiger partial charge is 0.408 e. The van der Waals surface area contributed by atoms with E-state index in [4.69, 9.17) is 9.26 Å². The van der Waals surface area contributed by atoms with Crippen LogP contribution < -0.4 is 21.5 Å². The molecular weight excluding hydrogens is 441 g/mol. The molecule has 8 nitrogen and oxygen atoms in total. The van der Waals surface area contributed by atoms with Crippen molar-refractivity contribution in [2.45, 2.75) is 84.7 Å². The van der Waals surface area contributed by atoms with Gasteiger partial charge in [-0.15, -0.1) is 0 Å². The Hall–Kier alpha value is -1.89. The molecule has 1 saturated carbocycles. The van der Waals surface area contributed by atoms with Gasteiger partial charge >= 0.3 is 6.09 Å². The van der Waals surface area contributed by atoms with Crippen LogP contribution in [-0.4, -0.2) is 35.5 Å². The van der Waals surface area contributed by atoms with Gasteiger partial charge in [0.25, 0.3) is 13.3 Å². The van der Waals surface area contributed by atoms with Crippen LogP contribution in [0, 0.1) is 11.8 Å². The van der Waals surface area contributed by atoms with Gasteiger partial charge in [0.2, 0.25) is 0 Å². The van der Waals surface area contributed by atoms with Crippen LogP contribution in [0.25, 0.3) is 0 Å². The second-order valence-electron chi connectivity index (χ2n) is 9.85. The molecule has 3 N–H and O–H groups in total. The lowest BCUT2D eigenvalue weighted by Gasteiger charge is -2.39. The van der Waals surface area contributed by atoms with Gasteiger partial charge in [-0.1, -0.05) is 38.5 Å². The first-order chi connectivity index (χ1) is 15.4. The molecule has 33 heavy (non-hydrogen) atoms. The molecule has 4 atom stereocenters. The number of carbonyl (C=O) groups is 2. The standard InChI is InChI=1S/C24H40N3O5P/c1-8-17(3)20(25-22(29)32-23(4,5)6)21(28)26-27-24(7,18-15-16-18)33(30,31-9-2)19-13-11-10-12-14-19/h10-14,17-18,20,27H,8-9,15-16H2,1-7H3,(H,25,29)(H,26,28). The highest BCUT2D eigenvalue weighted by Crippen LogP contribution is 2.64. The highest BCUT2D eigenvalue weighted by Gasteiger charge is 2.56. The number of hydrogen-bond donors (Lipinski definition) is 3. The van der Waals surface area contributed by atoms with Gasteiger partial charge in [0, 0.05) is 5.30 Å². The van der Waals surface area contributed by atoms with Gasteiger partial charge < -0.3 is 14.6 Å². The summed E-state index contributed by atoms with van der Waals surface area (Å²) in [7, 11) is -3.40. The quantitative estimate of drug-likeness (QED) is 0.321. The summed E-state index contributed by atoms with van der Waals surface area (Å²) in [6.07, 6.45) is 1.79. The van der Waals surface area contributed by atoms with Crippen molar-refractivity contribution in [2.24, 2.45) is 11.8 Å². The molecule has 1 aliphatic carbocycles. The minimum atomic E-state index is -3.40. The van der Waals surface area contributed by atoms with Crippen LogP contribution in [0.3, 0.4) is 0 Å². The summed E-state index contributed by atoms with van der Waals surface area (Å²) in [6.45, 7) is 13.1.